The topological polar surface area (TPSA) is 230 Å². The van der Waals surface area contributed by atoms with Crippen molar-refractivity contribution in [3.05, 3.63) is 21.4 Å². The molecule has 0 radical (unpaired) electrons. The molecule has 2 rings (SSSR count). The van der Waals surface area contributed by atoms with Crippen molar-refractivity contribution in [1.29, 1.82) is 0 Å². The maximum atomic E-state index is 13.9. The number of aliphatic hydroxyl groups is 2. The summed E-state index contributed by atoms with van der Waals surface area (Å²) in [5.74, 6) is 0.835. The summed E-state index contributed by atoms with van der Waals surface area (Å²) in [6.45, 7) is -1.13. The van der Waals surface area contributed by atoms with Crippen LogP contribution in [0.4, 0.5) is 4.39 Å². The Labute approximate surface area is 187 Å². The Bertz CT molecular complexity index is 1190. The van der Waals surface area contributed by atoms with Gasteiger partial charge in [-0.05, 0) is 12.2 Å². The number of rotatable bonds is 8. The summed E-state index contributed by atoms with van der Waals surface area (Å²) in [6, 6.07) is 0. The number of aliphatic hydroxyl groups excluding tert-OH is 1. The number of phosphoric acid groups is 3. The fourth-order valence-electron chi connectivity index (χ4n) is 2.44. The van der Waals surface area contributed by atoms with Gasteiger partial charge < -0.3 is 39.5 Å². The first-order valence-corrected chi connectivity index (χ1v) is 13.1. The summed E-state index contributed by atoms with van der Waals surface area (Å²) in [6.07, 6.45) is 0.437. The van der Waals surface area contributed by atoms with Gasteiger partial charge in [-0.3, -0.25) is 9.09 Å². The summed E-state index contributed by atoms with van der Waals surface area (Å²) < 4.78 is 64.4. The van der Waals surface area contributed by atoms with Gasteiger partial charge in [0.25, 0.3) is 0 Å². The molecule has 32 heavy (non-hydrogen) atoms. The second-order valence-corrected chi connectivity index (χ2v) is 11.2. The quantitative estimate of drug-likeness (QED) is 0.130. The summed E-state index contributed by atoms with van der Waals surface area (Å²) in [4.78, 5) is 37.9. The molecule has 0 spiro atoms. The predicted molar refractivity (Wildman–Crippen MR) is 104 cm³/mol. The second-order valence-electron chi connectivity index (χ2n) is 5.97. The van der Waals surface area contributed by atoms with E-state index in [1.165, 1.54) is 0 Å². The molecule has 6 atom stereocenters. The molecule has 0 amide bonds. The molecule has 15 nitrogen and oxygen atoms in total. The highest BCUT2D eigenvalue weighted by molar-refractivity contribution is 7.72. The van der Waals surface area contributed by atoms with E-state index in [9.17, 15) is 33.2 Å². The normalized spacial score (nSPS) is 29.8. The highest BCUT2D eigenvalue weighted by Crippen LogP contribution is 2.66. The van der Waals surface area contributed by atoms with E-state index in [4.69, 9.17) is 38.1 Å². The first kappa shape index (κ1) is 27.5. The number of halogens is 1. The van der Waals surface area contributed by atoms with Crippen LogP contribution in [0.3, 0.4) is 0 Å². The Morgan fingerprint density at radius 3 is 2.38 bits per heavy atom. The first-order valence-electron chi connectivity index (χ1n) is 7.74. The molecule has 7 N–H and O–H groups in total. The van der Waals surface area contributed by atoms with Crippen molar-refractivity contribution in [2.75, 3.05) is 6.61 Å². The van der Waals surface area contributed by atoms with E-state index >= 15 is 0 Å². The zero-order chi connectivity index (χ0) is 24.7. The number of ether oxygens (including phenoxy) is 1. The summed E-state index contributed by atoms with van der Waals surface area (Å²) >= 11 is 9.62. The van der Waals surface area contributed by atoms with Crippen molar-refractivity contribution in [3.63, 3.8) is 0 Å². The molecule has 21 heteroatoms. The Morgan fingerprint density at radius 1 is 1.25 bits per heavy atom. The lowest BCUT2D eigenvalue weighted by atomic mass is 9.95. The summed E-state index contributed by atoms with van der Waals surface area (Å²) in [5.41, 5.74) is -2.58. The van der Waals surface area contributed by atoms with Crippen LogP contribution in [0.5, 0.6) is 0 Å². The van der Waals surface area contributed by atoms with Crippen LogP contribution >= 0.6 is 47.9 Å². The van der Waals surface area contributed by atoms with Crippen LogP contribution < -0.4 is 0 Å². The van der Waals surface area contributed by atoms with E-state index in [2.05, 4.69) is 30.3 Å². The average molecular weight is 558 g/mol. The van der Waals surface area contributed by atoms with Gasteiger partial charge in [-0.25, -0.2) is 18.1 Å². The third-order valence-corrected chi connectivity index (χ3v) is 8.12. The number of terminal acetylenes is 1. The number of H-pyrrole nitrogens is 1. The molecule has 180 valence electrons. The van der Waals surface area contributed by atoms with E-state index in [-0.39, 0.29) is 9.41 Å². The molecule has 1 aliphatic rings. The van der Waals surface area contributed by atoms with Crippen molar-refractivity contribution in [3.8, 4) is 12.3 Å². The lowest BCUT2D eigenvalue weighted by Gasteiger charge is -2.27. The smallest absolute Gasteiger partial charge is 0.386 e. The molecular weight excluding hydrogens is 544 g/mol. The van der Waals surface area contributed by atoms with Gasteiger partial charge in [-0.2, -0.15) is 8.62 Å². The van der Waals surface area contributed by atoms with Crippen molar-refractivity contribution in [1.82, 2.24) is 9.55 Å². The molecule has 1 aromatic rings. The number of aromatic nitrogens is 2. The average Bonchev–Trinajstić information content (AvgIpc) is 2.85. The van der Waals surface area contributed by atoms with E-state index in [0.717, 1.165) is 4.57 Å². The molecule has 0 bridgehead atoms. The number of aromatic amines is 1. The molecule has 2 heterocycles. The lowest BCUT2D eigenvalue weighted by molar-refractivity contribution is -0.0755. The van der Waals surface area contributed by atoms with Crippen molar-refractivity contribution < 1.29 is 65.8 Å². The van der Waals surface area contributed by atoms with Gasteiger partial charge >= 0.3 is 23.5 Å². The molecule has 0 aromatic carbocycles. The third kappa shape index (κ3) is 6.45. The minimum absolute atomic E-state index is 0.282. The number of phosphoric ester groups is 1. The van der Waals surface area contributed by atoms with Crippen molar-refractivity contribution >= 4 is 47.9 Å². The van der Waals surface area contributed by atoms with E-state index in [1.54, 1.807) is 0 Å². The van der Waals surface area contributed by atoms with Crippen LogP contribution in [-0.4, -0.2) is 63.8 Å². The highest BCUT2D eigenvalue weighted by atomic mass is 32.1. The second kappa shape index (κ2) is 9.51. The number of nitrogens with one attached hydrogen (secondary N) is 1. The molecule has 1 fully saturated rings. The Kier molecular flexibility index (Phi) is 8.19. The summed E-state index contributed by atoms with van der Waals surface area (Å²) in [5, 5.41) is 21.0. The first-order chi connectivity index (χ1) is 14.4. The largest absolute Gasteiger partial charge is 0.490 e. The lowest BCUT2D eigenvalue weighted by Crippen LogP contribution is -2.46. The van der Waals surface area contributed by atoms with Gasteiger partial charge in [0.2, 0.25) is 0 Å². The van der Waals surface area contributed by atoms with Crippen LogP contribution in [0, 0.1) is 27.6 Å². The van der Waals surface area contributed by atoms with Crippen molar-refractivity contribution in [2.24, 2.45) is 0 Å². The molecule has 1 saturated heterocycles. The van der Waals surface area contributed by atoms with Gasteiger partial charge in [0, 0.05) is 6.20 Å². The minimum Gasteiger partial charge on any atom is -0.386 e. The Hall–Kier alpha value is -0.700. The van der Waals surface area contributed by atoms with Gasteiger partial charge in [0.05, 0.1) is 6.61 Å². The molecule has 1 aromatic heterocycles. The third-order valence-electron chi connectivity index (χ3n) is 3.71. The number of hydrogen-bond acceptors (Lipinski definition) is 11. The maximum Gasteiger partial charge on any atom is 0.490 e. The molecule has 0 saturated carbocycles. The van der Waals surface area contributed by atoms with Crippen LogP contribution in [0.25, 0.3) is 0 Å². The molecule has 0 aliphatic carbocycles. The summed E-state index contributed by atoms with van der Waals surface area (Å²) in [7, 11) is -16.9. The number of hydrogen-bond donors (Lipinski definition) is 7. The zero-order valence-corrected chi connectivity index (χ0v) is 19.4. The van der Waals surface area contributed by atoms with E-state index in [0.29, 0.717) is 6.20 Å². The SMILES string of the molecule is C#CC1(O)[C@@H](O)[C@@H](COP(=O)(O)OP(=O)(O)OP(=O)(O)O)O[C@H]1n1cc(F)c(=S)[nH]c1=S. The van der Waals surface area contributed by atoms with E-state index in [1.807, 2.05) is 5.92 Å². The minimum atomic E-state index is -5.78. The number of nitrogens with zero attached hydrogens (tertiary/aromatic N) is 1. The monoisotopic (exact) mass is 558 g/mol. The van der Waals surface area contributed by atoms with Gasteiger partial charge in [0.15, 0.2) is 22.4 Å². The van der Waals surface area contributed by atoms with Crippen molar-refractivity contribution in [2.45, 2.75) is 24.0 Å². The predicted octanol–water partition coefficient (Wildman–Crippen LogP) is 0.380. The van der Waals surface area contributed by atoms with Crippen LogP contribution in [0.15, 0.2) is 6.20 Å². The molecule has 3 unspecified atom stereocenters. The highest BCUT2D eigenvalue weighted by Gasteiger charge is 2.56. The fourth-order valence-corrected chi connectivity index (χ4v) is 5.94. The fraction of sp³-hybridized carbons (Fsp3) is 0.455. The van der Waals surface area contributed by atoms with Crippen LogP contribution in [-0.2, 0) is 31.6 Å². The van der Waals surface area contributed by atoms with Gasteiger partial charge in [-0.1, -0.05) is 18.1 Å². The van der Waals surface area contributed by atoms with E-state index < -0.39 is 59.9 Å². The maximum absolute atomic E-state index is 13.9. The van der Waals surface area contributed by atoms with Crippen LogP contribution in [0.1, 0.15) is 6.23 Å². The molecule has 1 aliphatic heterocycles. The van der Waals surface area contributed by atoms with Crippen LogP contribution in [0.2, 0.25) is 0 Å². The standard InChI is InChI=1S/C11H14FN2O13P3S2/c1-2-11(16)7(15)6(25-9(11)14-3-5(12)8(31)13-10(14)32)4-24-29(20,21)27-30(22,23)26-28(17,18)19/h1,3,6-7,9,15-16H,4H2,(H,20,21)(H,22,23)(H,13,31,32)(H2,17,18,19)/t6-,7+,9-,11?/m1/s1. The van der Waals surface area contributed by atoms with Gasteiger partial charge in [-0.15, -0.1) is 6.42 Å². The zero-order valence-electron chi connectivity index (χ0n) is 15.1. The van der Waals surface area contributed by atoms with Gasteiger partial charge in [0.1, 0.15) is 16.8 Å². The molecular formula is C11H14FN2O13P3S2. The Morgan fingerprint density at radius 2 is 1.84 bits per heavy atom. The Balaban J connectivity index is 2.23.